The zero-order chi connectivity index (χ0) is 13.4. The molecule has 0 aliphatic heterocycles. The van der Waals surface area contributed by atoms with Crippen LogP contribution in [-0.4, -0.2) is 24.0 Å². The lowest BCUT2D eigenvalue weighted by atomic mass is 10.00. The van der Waals surface area contributed by atoms with E-state index in [1.165, 1.54) is 0 Å². The first-order valence-electron chi connectivity index (χ1n) is 6.58. The number of carbonyl (C=O) groups is 1. The molecule has 0 fully saturated rings. The van der Waals surface area contributed by atoms with Crippen molar-refractivity contribution in [3.8, 4) is 0 Å². The van der Waals surface area contributed by atoms with Crippen LogP contribution in [0.3, 0.4) is 0 Å². The molecule has 18 heavy (non-hydrogen) atoms. The van der Waals surface area contributed by atoms with E-state index in [1.807, 2.05) is 19.1 Å². The zero-order valence-corrected chi connectivity index (χ0v) is 11.3. The molecule has 0 aliphatic carbocycles. The van der Waals surface area contributed by atoms with E-state index in [0.717, 1.165) is 24.8 Å². The zero-order valence-electron chi connectivity index (χ0n) is 11.3. The van der Waals surface area contributed by atoms with E-state index in [4.69, 9.17) is 5.73 Å². The lowest BCUT2D eigenvalue weighted by Crippen LogP contribution is -2.31. The first-order chi connectivity index (χ1) is 8.69. The Bertz CT molecular complexity index is 373. The number of carbonyl (C=O) groups excluding carboxylic acids is 1. The molecular formula is C14H23N3O. The van der Waals surface area contributed by atoms with E-state index in [9.17, 15) is 4.79 Å². The molecule has 0 radical (unpaired) electrons. The van der Waals surface area contributed by atoms with Crippen LogP contribution < -0.4 is 11.1 Å². The number of nitrogens with zero attached hydrogens (tertiary/aromatic N) is 1. The van der Waals surface area contributed by atoms with Gasteiger partial charge in [-0.05, 0) is 43.9 Å². The van der Waals surface area contributed by atoms with Gasteiger partial charge in [-0.3, -0.25) is 9.78 Å². The quantitative estimate of drug-likeness (QED) is 0.775. The second kappa shape index (κ2) is 7.82. The van der Waals surface area contributed by atoms with Crippen LogP contribution >= 0.6 is 0 Å². The Kier molecular flexibility index (Phi) is 6.36. The third-order valence-corrected chi connectivity index (χ3v) is 3.05. The number of aromatic nitrogens is 1. The standard InChI is InChI=1S/C14H23N3O/c1-3-5-12(7-8-15)10-17-14(18)13-11(2)6-4-9-16-13/h4,6,9,12H,3,5,7-8,10,15H2,1-2H3,(H,17,18). The minimum absolute atomic E-state index is 0.0915. The largest absolute Gasteiger partial charge is 0.350 e. The van der Waals surface area contributed by atoms with Gasteiger partial charge in [0.1, 0.15) is 5.69 Å². The maximum absolute atomic E-state index is 12.0. The Balaban J connectivity index is 2.52. The van der Waals surface area contributed by atoms with Crippen molar-refractivity contribution in [1.29, 1.82) is 0 Å². The fraction of sp³-hybridized carbons (Fsp3) is 0.571. The van der Waals surface area contributed by atoms with Gasteiger partial charge in [0.25, 0.3) is 5.91 Å². The highest BCUT2D eigenvalue weighted by atomic mass is 16.1. The highest BCUT2D eigenvalue weighted by molar-refractivity contribution is 5.93. The van der Waals surface area contributed by atoms with Crippen molar-refractivity contribution in [2.45, 2.75) is 33.1 Å². The van der Waals surface area contributed by atoms with Gasteiger partial charge < -0.3 is 11.1 Å². The number of hydrogen-bond donors (Lipinski definition) is 2. The highest BCUT2D eigenvalue weighted by Gasteiger charge is 2.12. The normalized spacial score (nSPS) is 12.2. The van der Waals surface area contributed by atoms with E-state index >= 15 is 0 Å². The molecule has 0 saturated heterocycles. The Labute approximate surface area is 109 Å². The maximum atomic E-state index is 12.0. The van der Waals surface area contributed by atoms with E-state index in [-0.39, 0.29) is 5.91 Å². The van der Waals surface area contributed by atoms with Crippen molar-refractivity contribution in [2.24, 2.45) is 11.7 Å². The molecule has 0 bridgehead atoms. The lowest BCUT2D eigenvalue weighted by molar-refractivity contribution is 0.0940. The average Bonchev–Trinajstić information content (AvgIpc) is 2.36. The number of hydrogen-bond acceptors (Lipinski definition) is 3. The van der Waals surface area contributed by atoms with Crippen LogP contribution in [0.1, 0.15) is 42.2 Å². The summed E-state index contributed by atoms with van der Waals surface area (Å²) in [7, 11) is 0. The van der Waals surface area contributed by atoms with Gasteiger partial charge in [0.05, 0.1) is 0 Å². The molecule has 0 aliphatic rings. The minimum atomic E-state index is -0.0915. The summed E-state index contributed by atoms with van der Waals surface area (Å²) in [5.74, 6) is 0.374. The summed E-state index contributed by atoms with van der Waals surface area (Å²) in [6.45, 7) is 5.39. The molecule has 1 atom stereocenters. The third-order valence-electron chi connectivity index (χ3n) is 3.05. The average molecular weight is 249 g/mol. The van der Waals surface area contributed by atoms with Crippen molar-refractivity contribution in [3.63, 3.8) is 0 Å². The van der Waals surface area contributed by atoms with Crippen LogP contribution in [0.15, 0.2) is 18.3 Å². The predicted molar refractivity (Wildman–Crippen MR) is 73.4 cm³/mol. The van der Waals surface area contributed by atoms with Crippen molar-refractivity contribution in [3.05, 3.63) is 29.6 Å². The molecule has 0 saturated carbocycles. The summed E-state index contributed by atoms with van der Waals surface area (Å²) >= 11 is 0. The topological polar surface area (TPSA) is 68.0 Å². The predicted octanol–water partition coefficient (Wildman–Crippen LogP) is 1.88. The molecule has 0 aromatic carbocycles. The number of nitrogens with one attached hydrogen (secondary N) is 1. The molecule has 1 rings (SSSR count). The molecule has 1 unspecified atom stereocenters. The van der Waals surface area contributed by atoms with Crippen molar-refractivity contribution in [1.82, 2.24) is 10.3 Å². The monoisotopic (exact) mass is 249 g/mol. The van der Waals surface area contributed by atoms with Crippen molar-refractivity contribution >= 4 is 5.91 Å². The molecule has 1 heterocycles. The minimum Gasteiger partial charge on any atom is -0.350 e. The van der Waals surface area contributed by atoms with Gasteiger partial charge in [-0.1, -0.05) is 19.4 Å². The molecule has 3 N–H and O–H groups in total. The number of pyridine rings is 1. The molecule has 1 amide bonds. The number of amides is 1. The highest BCUT2D eigenvalue weighted by Crippen LogP contribution is 2.09. The summed E-state index contributed by atoms with van der Waals surface area (Å²) in [5, 5.41) is 2.95. The van der Waals surface area contributed by atoms with Gasteiger partial charge in [0, 0.05) is 12.7 Å². The summed E-state index contributed by atoms with van der Waals surface area (Å²) in [6.07, 6.45) is 4.81. The fourth-order valence-corrected chi connectivity index (χ4v) is 2.04. The fourth-order valence-electron chi connectivity index (χ4n) is 2.04. The van der Waals surface area contributed by atoms with Gasteiger partial charge >= 0.3 is 0 Å². The number of rotatable bonds is 7. The summed E-state index contributed by atoms with van der Waals surface area (Å²) in [6, 6.07) is 3.73. The van der Waals surface area contributed by atoms with Crippen LogP contribution in [0.4, 0.5) is 0 Å². The third kappa shape index (κ3) is 4.45. The van der Waals surface area contributed by atoms with Crippen LogP contribution in [-0.2, 0) is 0 Å². The second-order valence-corrected chi connectivity index (χ2v) is 4.61. The summed E-state index contributed by atoms with van der Waals surface area (Å²) < 4.78 is 0. The molecule has 1 aromatic heterocycles. The summed E-state index contributed by atoms with van der Waals surface area (Å²) in [4.78, 5) is 16.1. The van der Waals surface area contributed by atoms with Gasteiger partial charge in [-0.25, -0.2) is 0 Å². The van der Waals surface area contributed by atoms with E-state index in [1.54, 1.807) is 6.20 Å². The van der Waals surface area contributed by atoms with E-state index in [2.05, 4.69) is 17.2 Å². The molecule has 4 heteroatoms. The van der Waals surface area contributed by atoms with E-state index in [0.29, 0.717) is 24.7 Å². The molecule has 1 aromatic rings. The van der Waals surface area contributed by atoms with Crippen LogP contribution in [0.25, 0.3) is 0 Å². The van der Waals surface area contributed by atoms with Crippen LogP contribution in [0, 0.1) is 12.8 Å². The number of aryl methyl sites for hydroxylation is 1. The Morgan fingerprint density at radius 1 is 1.50 bits per heavy atom. The number of nitrogens with two attached hydrogens (primary N) is 1. The van der Waals surface area contributed by atoms with Crippen LogP contribution in [0.2, 0.25) is 0 Å². The smallest absolute Gasteiger partial charge is 0.270 e. The summed E-state index contributed by atoms with van der Waals surface area (Å²) in [5.41, 5.74) is 6.99. The first kappa shape index (κ1) is 14.6. The maximum Gasteiger partial charge on any atom is 0.270 e. The van der Waals surface area contributed by atoms with Gasteiger partial charge in [0.15, 0.2) is 0 Å². The first-order valence-corrected chi connectivity index (χ1v) is 6.58. The second-order valence-electron chi connectivity index (χ2n) is 4.61. The van der Waals surface area contributed by atoms with Crippen LogP contribution in [0.5, 0.6) is 0 Å². The van der Waals surface area contributed by atoms with Gasteiger partial charge in [-0.2, -0.15) is 0 Å². The van der Waals surface area contributed by atoms with Crippen molar-refractivity contribution in [2.75, 3.05) is 13.1 Å². The van der Waals surface area contributed by atoms with Crippen molar-refractivity contribution < 1.29 is 4.79 Å². The SMILES string of the molecule is CCCC(CCN)CNC(=O)c1ncccc1C. The Morgan fingerprint density at radius 2 is 2.28 bits per heavy atom. The molecular weight excluding hydrogens is 226 g/mol. The Hall–Kier alpha value is -1.42. The molecule has 0 spiro atoms. The molecule has 100 valence electrons. The van der Waals surface area contributed by atoms with Gasteiger partial charge in [0.2, 0.25) is 0 Å². The Morgan fingerprint density at radius 3 is 2.89 bits per heavy atom. The van der Waals surface area contributed by atoms with Gasteiger partial charge in [-0.15, -0.1) is 0 Å². The van der Waals surface area contributed by atoms with E-state index < -0.39 is 0 Å². The lowest BCUT2D eigenvalue weighted by Gasteiger charge is -2.16. The molecule has 4 nitrogen and oxygen atoms in total.